The molecular weight excluding hydrogens is 290 g/mol. The van der Waals surface area contributed by atoms with E-state index in [1.165, 1.54) is 6.42 Å². The molecule has 124 valence electrons. The van der Waals surface area contributed by atoms with Crippen molar-refractivity contribution in [3.63, 3.8) is 0 Å². The SMILES string of the molecule is O=C(O)CN(Cc1ccccc1)C12CC3CC(CC(O)(C3)C1)C2. The summed E-state index contributed by atoms with van der Waals surface area (Å²) in [6.45, 7) is 0.715. The zero-order valence-corrected chi connectivity index (χ0v) is 13.4. The summed E-state index contributed by atoms with van der Waals surface area (Å²) in [5, 5.41) is 20.4. The minimum absolute atomic E-state index is 0.0599. The van der Waals surface area contributed by atoms with Gasteiger partial charge in [0.15, 0.2) is 0 Å². The number of hydrogen-bond acceptors (Lipinski definition) is 3. The molecule has 0 saturated heterocycles. The highest BCUT2D eigenvalue weighted by atomic mass is 16.4. The monoisotopic (exact) mass is 315 g/mol. The molecule has 2 atom stereocenters. The Balaban J connectivity index is 1.64. The van der Waals surface area contributed by atoms with Gasteiger partial charge in [0.2, 0.25) is 0 Å². The fraction of sp³-hybridized carbons (Fsp3) is 0.632. The summed E-state index contributed by atoms with van der Waals surface area (Å²) in [5.41, 5.74) is 0.460. The molecule has 2 unspecified atom stereocenters. The van der Waals surface area contributed by atoms with Crippen molar-refractivity contribution in [2.45, 2.75) is 56.2 Å². The molecule has 2 N–H and O–H groups in total. The molecule has 0 amide bonds. The summed E-state index contributed by atoms with van der Waals surface area (Å²) in [6.07, 6.45) is 5.89. The average molecular weight is 315 g/mol. The second kappa shape index (κ2) is 5.32. The number of carboxylic acid groups (broad SMARTS) is 1. The van der Waals surface area contributed by atoms with Crippen LogP contribution in [0.1, 0.15) is 44.1 Å². The number of benzene rings is 1. The van der Waals surface area contributed by atoms with E-state index >= 15 is 0 Å². The van der Waals surface area contributed by atoms with Gasteiger partial charge in [-0.2, -0.15) is 0 Å². The molecule has 0 aromatic heterocycles. The van der Waals surface area contributed by atoms with Crippen molar-refractivity contribution in [3.05, 3.63) is 35.9 Å². The molecule has 4 nitrogen and oxygen atoms in total. The third-order valence-corrected chi connectivity index (χ3v) is 6.21. The van der Waals surface area contributed by atoms with E-state index in [0.717, 1.165) is 37.7 Å². The first-order valence-electron chi connectivity index (χ1n) is 8.70. The van der Waals surface area contributed by atoms with Gasteiger partial charge in [0.25, 0.3) is 0 Å². The van der Waals surface area contributed by atoms with Crippen LogP contribution in [0.4, 0.5) is 0 Å². The van der Waals surface area contributed by atoms with Gasteiger partial charge in [-0.05, 0) is 55.9 Å². The van der Waals surface area contributed by atoms with Crippen LogP contribution in [0, 0.1) is 11.8 Å². The lowest BCUT2D eigenvalue weighted by Crippen LogP contribution is -2.65. The van der Waals surface area contributed by atoms with E-state index in [0.29, 0.717) is 18.4 Å². The Morgan fingerprint density at radius 3 is 2.35 bits per heavy atom. The Hall–Kier alpha value is -1.39. The lowest BCUT2D eigenvalue weighted by molar-refractivity contribution is -0.182. The van der Waals surface area contributed by atoms with E-state index in [-0.39, 0.29) is 12.1 Å². The van der Waals surface area contributed by atoms with E-state index in [4.69, 9.17) is 0 Å². The molecular formula is C19H25NO3. The summed E-state index contributed by atoms with van der Waals surface area (Å²) in [4.78, 5) is 13.6. The number of carbonyl (C=O) groups is 1. The molecule has 0 heterocycles. The molecule has 23 heavy (non-hydrogen) atoms. The van der Waals surface area contributed by atoms with Gasteiger partial charge in [-0.3, -0.25) is 9.69 Å². The Kier molecular flexibility index (Phi) is 3.50. The van der Waals surface area contributed by atoms with E-state index in [1.54, 1.807) is 0 Å². The van der Waals surface area contributed by atoms with Gasteiger partial charge >= 0.3 is 5.97 Å². The highest BCUT2D eigenvalue weighted by Crippen LogP contribution is 2.59. The first-order chi connectivity index (χ1) is 11.0. The Labute approximate surface area is 137 Å². The van der Waals surface area contributed by atoms with Crippen LogP contribution in [0.15, 0.2) is 30.3 Å². The molecule has 1 aromatic rings. The fourth-order valence-corrected chi connectivity index (χ4v) is 5.89. The second-order valence-corrected chi connectivity index (χ2v) is 8.15. The molecule has 4 saturated carbocycles. The minimum atomic E-state index is -0.774. The van der Waals surface area contributed by atoms with Crippen molar-refractivity contribution < 1.29 is 15.0 Å². The first-order valence-corrected chi connectivity index (χ1v) is 8.70. The predicted molar refractivity (Wildman–Crippen MR) is 86.9 cm³/mol. The van der Waals surface area contributed by atoms with Crippen molar-refractivity contribution in [1.29, 1.82) is 0 Å². The number of carboxylic acids is 1. The fourth-order valence-electron chi connectivity index (χ4n) is 5.89. The van der Waals surface area contributed by atoms with Gasteiger partial charge in [-0.1, -0.05) is 30.3 Å². The lowest BCUT2D eigenvalue weighted by Gasteiger charge is -2.63. The molecule has 0 aliphatic heterocycles. The summed E-state index contributed by atoms with van der Waals surface area (Å²) in [6, 6.07) is 10.1. The highest BCUT2D eigenvalue weighted by molar-refractivity contribution is 5.69. The van der Waals surface area contributed by atoms with Gasteiger partial charge in [-0.15, -0.1) is 0 Å². The first kappa shape index (κ1) is 15.2. The van der Waals surface area contributed by atoms with Gasteiger partial charge in [0, 0.05) is 12.1 Å². The molecule has 4 aliphatic carbocycles. The van der Waals surface area contributed by atoms with E-state index in [1.807, 2.05) is 18.2 Å². The zero-order valence-electron chi connectivity index (χ0n) is 13.4. The van der Waals surface area contributed by atoms with Crippen LogP contribution >= 0.6 is 0 Å². The van der Waals surface area contributed by atoms with Crippen molar-refractivity contribution in [1.82, 2.24) is 4.90 Å². The van der Waals surface area contributed by atoms with Crippen molar-refractivity contribution >= 4 is 5.97 Å². The molecule has 4 heteroatoms. The van der Waals surface area contributed by atoms with Crippen molar-refractivity contribution in [2.24, 2.45) is 11.8 Å². The molecule has 4 fully saturated rings. The number of aliphatic carboxylic acids is 1. The van der Waals surface area contributed by atoms with Crippen LogP contribution in [-0.4, -0.2) is 38.8 Å². The van der Waals surface area contributed by atoms with Crippen LogP contribution in [0.25, 0.3) is 0 Å². The molecule has 4 aliphatic rings. The largest absolute Gasteiger partial charge is 0.480 e. The summed E-state index contributed by atoms with van der Waals surface area (Å²) in [5.74, 6) is 0.352. The smallest absolute Gasteiger partial charge is 0.317 e. The van der Waals surface area contributed by atoms with Crippen LogP contribution in [0.2, 0.25) is 0 Å². The Bertz CT molecular complexity index is 586. The molecule has 1 aromatic carbocycles. The number of aliphatic hydroxyl groups is 1. The minimum Gasteiger partial charge on any atom is -0.480 e. The van der Waals surface area contributed by atoms with E-state index < -0.39 is 11.6 Å². The van der Waals surface area contributed by atoms with Crippen LogP contribution in [0.5, 0.6) is 0 Å². The third-order valence-electron chi connectivity index (χ3n) is 6.21. The van der Waals surface area contributed by atoms with Gasteiger partial charge in [0.05, 0.1) is 12.1 Å². The van der Waals surface area contributed by atoms with Crippen LogP contribution < -0.4 is 0 Å². The standard InChI is InChI=1S/C19H25NO3/c21-17(22)12-20(11-14-4-2-1-3-5-14)18-7-15-6-16(8-18)10-19(23,9-15)13-18/h1-5,15-16,23H,6-13H2,(H,21,22). The number of hydrogen-bond donors (Lipinski definition) is 2. The third kappa shape index (κ3) is 2.79. The zero-order chi connectivity index (χ0) is 16.1. The molecule has 0 radical (unpaired) electrons. The normalized spacial score (nSPS) is 38.2. The summed E-state index contributed by atoms with van der Waals surface area (Å²) < 4.78 is 0. The second-order valence-electron chi connectivity index (χ2n) is 8.15. The predicted octanol–water partition coefficient (Wildman–Crippen LogP) is 2.66. The summed E-state index contributed by atoms with van der Waals surface area (Å²) in [7, 11) is 0. The molecule has 0 spiro atoms. The number of rotatable bonds is 5. The maximum atomic E-state index is 11.5. The van der Waals surface area contributed by atoms with E-state index in [2.05, 4.69) is 17.0 Å². The van der Waals surface area contributed by atoms with Gasteiger partial charge in [-0.25, -0.2) is 0 Å². The summed E-state index contributed by atoms with van der Waals surface area (Å²) >= 11 is 0. The maximum absolute atomic E-state index is 11.5. The van der Waals surface area contributed by atoms with Crippen molar-refractivity contribution in [3.8, 4) is 0 Å². The average Bonchev–Trinajstić information content (AvgIpc) is 2.44. The van der Waals surface area contributed by atoms with Crippen LogP contribution in [0.3, 0.4) is 0 Å². The quantitative estimate of drug-likeness (QED) is 0.877. The van der Waals surface area contributed by atoms with E-state index in [9.17, 15) is 15.0 Å². The van der Waals surface area contributed by atoms with Crippen LogP contribution in [-0.2, 0) is 11.3 Å². The van der Waals surface area contributed by atoms with Crippen molar-refractivity contribution in [2.75, 3.05) is 6.54 Å². The highest BCUT2D eigenvalue weighted by Gasteiger charge is 2.59. The number of nitrogens with zero attached hydrogens (tertiary/aromatic N) is 1. The van der Waals surface area contributed by atoms with Gasteiger partial charge in [0.1, 0.15) is 0 Å². The topological polar surface area (TPSA) is 60.8 Å². The Morgan fingerprint density at radius 1 is 1.13 bits per heavy atom. The molecule has 5 rings (SSSR count). The lowest BCUT2D eigenvalue weighted by atomic mass is 9.50. The Morgan fingerprint density at radius 2 is 1.78 bits per heavy atom. The maximum Gasteiger partial charge on any atom is 0.317 e. The molecule has 4 bridgehead atoms. The van der Waals surface area contributed by atoms with Gasteiger partial charge < -0.3 is 10.2 Å².